The molecule has 1 N–H and O–H groups in total. The van der Waals surface area contributed by atoms with E-state index in [1.165, 1.54) is 0 Å². The molecule has 1 aromatic heterocycles. The third kappa shape index (κ3) is 3.91. The van der Waals surface area contributed by atoms with Gasteiger partial charge in [-0.1, -0.05) is 30.0 Å². The number of nitriles is 1. The van der Waals surface area contributed by atoms with Crippen LogP contribution < -0.4 is 5.32 Å². The Balaban J connectivity index is 1.36. The van der Waals surface area contributed by atoms with Crippen LogP contribution in [0.1, 0.15) is 27.0 Å². The Morgan fingerprint density at radius 3 is 2.45 bits per heavy atom. The number of amides is 1. The molecule has 31 heavy (non-hydrogen) atoms. The Labute approximate surface area is 183 Å². The molecule has 0 saturated carbocycles. The first-order chi connectivity index (χ1) is 15.2. The van der Waals surface area contributed by atoms with Crippen molar-refractivity contribution < 1.29 is 4.79 Å². The van der Waals surface area contributed by atoms with E-state index in [0.29, 0.717) is 23.4 Å². The Hall–Kier alpha value is -3.95. The molecule has 148 valence electrons. The number of rotatable bonds is 3. The Morgan fingerprint density at radius 1 is 0.903 bits per heavy atom. The number of hydrogen-bond donors (Lipinski definition) is 1. The molecule has 4 aromatic rings. The summed E-state index contributed by atoms with van der Waals surface area (Å²) in [4.78, 5) is 23.5. The molecule has 0 bridgehead atoms. The maximum atomic E-state index is 12.6. The molecule has 0 aliphatic carbocycles. The number of benzene rings is 3. The number of carbonyl (C=O) groups excluding carboxylic acids is 1. The van der Waals surface area contributed by atoms with E-state index in [2.05, 4.69) is 27.4 Å². The van der Waals surface area contributed by atoms with Gasteiger partial charge in [-0.25, -0.2) is 9.97 Å². The van der Waals surface area contributed by atoms with E-state index < -0.39 is 0 Å². The van der Waals surface area contributed by atoms with Gasteiger partial charge in [0.05, 0.1) is 22.9 Å². The van der Waals surface area contributed by atoms with Gasteiger partial charge in [0.1, 0.15) is 0 Å². The highest BCUT2D eigenvalue weighted by atomic mass is 32.2. The Morgan fingerprint density at radius 2 is 1.68 bits per heavy atom. The zero-order valence-corrected chi connectivity index (χ0v) is 17.2. The second kappa shape index (κ2) is 8.05. The van der Waals surface area contributed by atoms with E-state index in [1.807, 2.05) is 60.9 Å². The summed E-state index contributed by atoms with van der Waals surface area (Å²) in [6.07, 6.45) is 4.29. The van der Waals surface area contributed by atoms with Crippen LogP contribution in [0.15, 0.2) is 88.9 Å². The summed E-state index contributed by atoms with van der Waals surface area (Å²) in [5.74, 6) is 0.533. The van der Waals surface area contributed by atoms with E-state index in [1.54, 1.807) is 23.9 Å². The SMILES string of the molecule is N#Cc1ccc(-c2ncc(Cc3ccc4c(c3)NC(=O)c3ccccc3S4)cn2)cc1. The fourth-order valence-electron chi connectivity index (χ4n) is 3.45. The molecule has 0 saturated heterocycles. The van der Waals surface area contributed by atoms with Crippen molar-refractivity contribution in [1.82, 2.24) is 9.97 Å². The molecule has 1 amide bonds. The normalized spacial score (nSPS) is 12.2. The van der Waals surface area contributed by atoms with Crippen LogP contribution in [0.5, 0.6) is 0 Å². The van der Waals surface area contributed by atoms with Crippen molar-refractivity contribution in [2.24, 2.45) is 0 Å². The van der Waals surface area contributed by atoms with E-state index in [-0.39, 0.29) is 5.91 Å². The predicted molar refractivity (Wildman–Crippen MR) is 120 cm³/mol. The van der Waals surface area contributed by atoms with Gasteiger partial charge >= 0.3 is 0 Å². The molecule has 1 aliphatic rings. The molecule has 1 aliphatic heterocycles. The van der Waals surface area contributed by atoms with E-state index >= 15 is 0 Å². The summed E-state index contributed by atoms with van der Waals surface area (Å²) < 4.78 is 0. The number of aromatic nitrogens is 2. The summed E-state index contributed by atoms with van der Waals surface area (Å²) >= 11 is 1.60. The molecule has 0 atom stereocenters. The second-order valence-corrected chi connectivity index (χ2v) is 8.25. The number of fused-ring (bicyclic) bond motifs is 2. The first kappa shape index (κ1) is 19.0. The molecule has 5 nitrogen and oxygen atoms in total. The molecule has 0 spiro atoms. The highest BCUT2D eigenvalue weighted by Gasteiger charge is 2.19. The highest BCUT2D eigenvalue weighted by molar-refractivity contribution is 7.99. The lowest BCUT2D eigenvalue weighted by molar-refractivity contribution is 0.102. The molecule has 0 unspecified atom stereocenters. The van der Waals surface area contributed by atoms with Gasteiger partial charge in [0.2, 0.25) is 0 Å². The van der Waals surface area contributed by atoms with Crippen molar-refractivity contribution in [3.8, 4) is 17.5 Å². The summed E-state index contributed by atoms with van der Waals surface area (Å²) in [6.45, 7) is 0. The van der Waals surface area contributed by atoms with Crippen LogP contribution in [0.4, 0.5) is 5.69 Å². The van der Waals surface area contributed by atoms with E-state index in [0.717, 1.165) is 32.2 Å². The molecule has 5 rings (SSSR count). The Bertz CT molecular complexity index is 1330. The molecule has 3 aromatic carbocycles. The molecule has 0 radical (unpaired) electrons. The summed E-state index contributed by atoms with van der Waals surface area (Å²) in [7, 11) is 0. The smallest absolute Gasteiger partial charge is 0.256 e. The van der Waals surface area contributed by atoms with Crippen molar-refractivity contribution in [3.05, 3.63) is 101 Å². The number of nitrogens with zero attached hydrogens (tertiary/aromatic N) is 3. The fraction of sp³-hybridized carbons (Fsp3) is 0.0400. The van der Waals surface area contributed by atoms with Crippen molar-refractivity contribution in [2.75, 3.05) is 5.32 Å². The van der Waals surface area contributed by atoms with Crippen LogP contribution >= 0.6 is 11.8 Å². The van der Waals surface area contributed by atoms with Crippen molar-refractivity contribution in [1.29, 1.82) is 5.26 Å². The largest absolute Gasteiger partial charge is 0.321 e. The van der Waals surface area contributed by atoms with Gasteiger partial charge < -0.3 is 5.32 Å². The number of carbonyl (C=O) groups is 1. The minimum Gasteiger partial charge on any atom is -0.321 e. The molecule has 0 fully saturated rings. The zero-order valence-electron chi connectivity index (χ0n) is 16.4. The van der Waals surface area contributed by atoms with E-state index in [4.69, 9.17) is 5.26 Å². The lowest BCUT2D eigenvalue weighted by Gasteiger charge is -2.09. The fourth-order valence-corrected chi connectivity index (χ4v) is 4.46. The molecular formula is C25H16N4OS. The summed E-state index contributed by atoms with van der Waals surface area (Å²) in [5, 5.41) is 12.0. The summed E-state index contributed by atoms with van der Waals surface area (Å²) in [5.41, 5.74) is 5.04. The van der Waals surface area contributed by atoms with Gasteiger partial charge in [-0.15, -0.1) is 0 Å². The van der Waals surface area contributed by atoms with Gasteiger partial charge in [0.15, 0.2) is 5.82 Å². The predicted octanol–water partition coefficient (Wildman–Crippen LogP) is 5.32. The monoisotopic (exact) mass is 420 g/mol. The number of anilines is 1. The van der Waals surface area contributed by atoms with Gasteiger partial charge in [-0.05, 0) is 59.7 Å². The minimum atomic E-state index is -0.0888. The quantitative estimate of drug-likeness (QED) is 0.485. The molecule has 6 heteroatoms. The van der Waals surface area contributed by atoms with Crippen LogP contribution in [0.3, 0.4) is 0 Å². The minimum absolute atomic E-state index is 0.0888. The number of hydrogen-bond acceptors (Lipinski definition) is 5. The van der Waals surface area contributed by atoms with Crippen molar-refractivity contribution >= 4 is 23.4 Å². The van der Waals surface area contributed by atoms with Crippen LogP contribution in [-0.4, -0.2) is 15.9 Å². The van der Waals surface area contributed by atoms with Gasteiger partial charge in [-0.3, -0.25) is 4.79 Å². The third-order valence-corrected chi connectivity index (χ3v) is 6.18. The maximum Gasteiger partial charge on any atom is 0.256 e. The van der Waals surface area contributed by atoms with Crippen LogP contribution in [-0.2, 0) is 6.42 Å². The zero-order chi connectivity index (χ0) is 21.2. The second-order valence-electron chi connectivity index (χ2n) is 7.16. The van der Waals surface area contributed by atoms with Crippen LogP contribution in [0.25, 0.3) is 11.4 Å². The molecule has 2 heterocycles. The first-order valence-corrected chi connectivity index (χ1v) is 10.5. The van der Waals surface area contributed by atoms with Gasteiger partial charge in [0, 0.05) is 34.2 Å². The standard InChI is InChI=1S/C25H16N4OS/c26-13-16-5-8-19(9-6-16)24-27-14-18(15-28-24)11-17-7-10-23-21(12-17)29-25(30)20-3-1-2-4-22(20)31-23/h1-10,12,14-15H,11H2,(H,29,30). The number of nitrogens with one attached hydrogen (secondary N) is 1. The molecular weight excluding hydrogens is 404 g/mol. The maximum absolute atomic E-state index is 12.6. The third-order valence-electron chi connectivity index (χ3n) is 5.03. The topological polar surface area (TPSA) is 78.7 Å². The lowest BCUT2D eigenvalue weighted by atomic mass is 10.1. The highest BCUT2D eigenvalue weighted by Crippen LogP contribution is 2.39. The Kier molecular flexibility index (Phi) is 4.95. The van der Waals surface area contributed by atoms with Crippen LogP contribution in [0, 0.1) is 11.3 Å². The van der Waals surface area contributed by atoms with Gasteiger partial charge in [0.25, 0.3) is 5.91 Å². The first-order valence-electron chi connectivity index (χ1n) is 9.72. The average molecular weight is 420 g/mol. The van der Waals surface area contributed by atoms with Gasteiger partial charge in [-0.2, -0.15) is 5.26 Å². The lowest BCUT2D eigenvalue weighted by Crippen LogP contribution is -2.11. The summed E-state index contributed by atoms with van der Waals surface area (Å²) in [6, 6.07) is 23.1. The van der Waals surface area contributed by atoms with Crippen molar-refractivity contribution in [3.63, 3.8) is 0 Å². The van der Waals surface area contributed by atoms with Crippen molar-refractivity contribution in [2.45, 2.75) is 16.2 Å². The van der Waals surface area contributed by atoms with E-state index in [9.17, 15) is 4.79 Å². The van der Waals surface area contributed by atoms with Crippen LogP contribution in [0.2, 0.25) is 0 Å². The average Bonchev–Trinajstić information content (AvgIpc) is 2.95.